The topological polar surface area (TPSA) is 82.7 Å². The zero-order chi connectivity index (χ0) is 14.8. The molecule has 1 rings (SSSR count). The SMILES string of the molecule is CC(C)CNC(=O)NCC(=O)NCCN1CCOCC1. The Bertz CT molecular complexity index is 304. The molecule has 0 aromatic rings. The Morgan fingerprint density at radius 3 is 2.50 bits per heavy atom. The summed E-state index contributed by atoms with van der Waals surface area (Å²) in [6.45, 7) is 9.37. The summed E-state index contributed by atoms with van der Waals surface area (Å²) < 4.78 is 5.25. The Balaban J connectivity index is 2.00. The second kappa shape index (κ2) is 9.55. The van der Waals surface area contributed by atoms with E-state index >= 15 is 0 Å². The lowest BCUT2D eigenvalue weighted by molar-refractivity contribution is -0.120. The highest BCUT2D eigenvalue weighted by atomic mass is 16.5. The van der Waals surface area contributed by atoms with Crippen molar-refractivity contribution in [1.82, 2.24) is 20.9 Å². The van der Waals surface area contributed by atoms with Crippen molar-refractivity contribution in [1.29, 1.82) is 0 Å². The zero-order valence-corrected chi connectivity index (χ0v) is 12.4. The Morgan fingerprint density at radius 1 is 1.15 bits per heavy atom. The van der Waals surface area contributed by atoms with Crippen molar-refractivity contribution in [2.45, 2.75) is 13.8 Å². The first kappa shape index (κ1) is 16.7. The maximum Gasteiger partial charge on any atom is 0.315 e. The lowest BCUT2D eigenvalue weighted by Gasteiger charge is -2.26. The van der Waals surface area contributed by atoms with E-state index in [1.165, 1.54) is 0 Å². The molecule has 1 aliphatic rings. The van der Waals surface area contributed by atoms with Crippen LogP contribution in [-0.4, -0.2) is 69.3 Å². The van der Waals surface area contributed by atoms with Crippen LogP contribution in [0.4, 0.5) is 4.79 Å². The van der Waals surface area contributed by atoms with Crippen LogP contribution in [0.3, 0.4) is 0 Å². The van der Waals surface area contributed by atoms with Crippen LogP contribution in [0.15, 0.2) is 0 Å². The number of urea groups is 1. The van der Waals surface area contributed by atoms with Gasteiger partial charge in [-0.15, -0.1) is 0 Å². The van der Waals surface area contributed by atoms with Gasteiger partial charge in [-0.25, -0.2) is 4.79 Å². The number of nitrogens with one attached hydrogen (secondary N) is 3. The number of hydrogen-bond acceptors (Lipinski definition) is 4. The molecule has 0 unspecified atom stereocenters. The molecule has 3 N–H and O–H groups in total. The van der Waals surface area contributed by atoms with Crippen LogP contribution >= 0.6 is 0 Å². The summed E-state index contributed by atoms with van der Waals surface area (Å²) >= 11 is 0. The lowest BCUT2D eigenvalue weighted by atomic mass is 10.2. The summed E-state index contributed by atoms with van der Waals surface area (Å²) in [7, 11) is 0. The molecule has 7 heteroatoms. The highest BCUT2D eigenvalue weighted by Gasteiger charge is 2.10. The molecular formula is C13H26N4O3. The van der Waals surface area contributed by atoms with Gasteiger partial charge in [0.15, 0.2) is 0 Å². The average molecular weight is 286 g/mol. The summed E-state index contributed by atoms with van der Waals surface area (Å²) in [6, 6.07) is -0.304. The van der Waals surface area contributed by atoms with Gasteiger partial charge in [0.25, 0.3) is 0 Å². The summed E-state index contributed by atoms with van der Waals surface area (Å²) in [6.07, 6.45) is 0. The van der Waals surface area contributed by atoms with Gasteiger partial charge in [-0.2, -0.15) is 0 Å². The maximum atomic E-state index is 11.5. The van der Waals surface area contributed by atoms with Crippen LogP contribution in [0.1, 0.15) is 13.8 Å². The van der Waals surface area contributed by atoms with Crippen LogP contribution in [0, 0.1) is 5.92 Å². The van der Waals surface area contributed by atoms with Crippen LogP contribution in [0.2, 0.25) is 0 Å². The Labute approximate surface area is 120 Å². The highest BCUT2D eigenvalue weighted by Crippen LogP contribution is 1.94. The van der Waals surface area contributed by atoms with Crippen LogP contribution in [0.5, 0.6) is 0 Å². The van der Waals surface area contributed by atoms with Gasteiger partial charge in [0.2, 0.25) is 5.91 Å². The number of nitrogens with zero attached hydrogens (tertiary/aromatic N) is 1. The first-order chi connectivity index (χ1) is 9.58. The zero-order valence-electron chi connectivity index (χ0n) is 12.4. The minimum Gasteiger partial charge on any atom is -0.379 e. The third kappa shape index (κ3) is 7.96. The van der Waals surface area contributed by atoms with Crippen LogP contribution < -0.4 is 16.0 Å². The standard InChI is InChI=1S/C13H26N4O3/c1-11(2)9-15-13(19)16-10-12(18)14-3-4-17-5-7-20-8-6-17/h11H,3-10H2,1-2H3,(H,14,18)(H2,15,16,19). The maximum absolute atomic E-state index is 11.5. The number of morpholine rings is 1. The second-order valence-electron chi connectivity index (χ2n) is 5.26. The summed E-state index contributed by atoms with van der Waals surface area (Å²) in [4.78, 5) is 25.1. The molecule has 0 saturated carbocycles. The van der Waals surface area contributed by atoms with Gasteiger partial charge in [0, 0.05) is 32.7 Å². The number of ether oxygens (including phenoxy) is 1. The molecule has 1 saturated heterocycles. The molecule has 1 fully saturated rings. The molecule has 20 heavy (non-hydrogen) atoms. The fourth-order valence-corrected chi connectivity index (χ4v) is 1.76. The molecule has 0 aliphatic carbocycles. The van der Waals surface area contributed by atoms with Crippen molar-refractivity contribution in [3.8, 4) is 0 Å². The quantitative estimate of drug-likeness (QED) is 0.583. The van der Waals surface area contributed by atoms with Gasteiger partial charge in [0.1, 0.15) is 0 Å². The van der Waals surface area contributed by atoms with E-state index in [-0.39, 0.29) is 18.5 Å². The summed E-state index contributed by atoms with van der Waals surface area (Å²) in [5, 5.41) is 8.01. The van der Waals surface area contributed by atoms with E-state index in [0.717, 1.165) is 32.8 Å². The van der Waals surface area contributed by atoms with E-state index in [1.54, 1.807) is 0 Å². The van der Waals surface area contributed by atoms with E-state index in [1.807, 2.05) is 13.8 Å². The molecule has 0 aromatic carbocycles. The van der Waals surface area contributed by atoms with Crippen LogP contribution in [-0.2, 0) is 9.53 Å². The largest absolute Gasteiger partial charge is 0.379 e. The fourth-order valence-electron chi connectivity index (χ4n) is 1.76. The molecular weight excluding hydrogens is 260 g/mol. The fraction of sp³-hybridized carbons (Fsp3) is 0.846. The third-order valence-electron chi connectivity index (χ3n) is 2.93. The smallest absolute Gasteiger partial charge is 0.315 e. The van der Waals surface area contributed by atoms with Crippen molar-refractivity contribution < 1.29 is 14.3 Å². The van der Waals surface area contributed by atoms with E-state index < -0.39 is 0 Å². The van der Waals surface area contributed by atoms with Crippen molar-refractivity contribution >= 4 is 11.9 Å². The van der Waals surface area contributed by atoms with Crippen molar-refractivity contribution in [3.63, 3.8) is 0 Å². The second-order valence-corrected chi connectivity index (χ2v) is 5.26. The predicted octanol–water partition coefficient (Wildman–Crippen LogP) is -0.610. The van der Waals surface area contributed by atoms with E-state index in [4.69, 9.17) is 4.74 Å². The van der Waals surface area contributed by atoms with E-state index in [0.29, 0.717) is 19.0 Å². The third-order valence-corrected chi connectivity index (χ3v) is 2.93. The number of carbonyl (C=O) groups excluding carboxylic acids is 2. The van der Waals surface area contributed by atoms with E-state index in [2.05, 4.69) is 20.9 Å². The van der Waals surface area contributed by atoms with E-state index in [9.17, 15) is 9.59 Å². The molecule has 116 valence electrons. The Morgan fingerprint density at radius 2 is 1.85 bits per heavy atom. The first-order valence-corrected chi connectivity index (χ1v) is 7.16. The van der Waals surface area contributed by atoms with Crippen molar-refractivity contribution in [2.75, 3.05) is 52.5 Å². The lowest BCUT2D eigenvalue weighted by Crippen LogP contribution is -2.45. The van der Waals surface area contributed by atoms with Gasteiger partial charge in [-0.05, 0) is 5.92 Å². The van der Waals surface area contributed by atoms with Crippen LogP contribution in [0.25, 0.3) is 0 Å². The summed E-state index contributed by atoms with van der Waals surface area (Å²) in [5.74, 6) is 0.223. The Hall–Kier alpha value is -1.34. The number of rotatable bonds is 7. The number of carbonyl (C=O) groups is 2. The molecule has 0 bridgehead atoms. The minimum atomic E-state index is -0.304. The van der Waals surface area contributed by atoms with Gasteiger partial charge in [-0.1, -0.05) is 13.8 Å². The molecule has 7 nitrogen and oxygen atoms in total. The predicted molar refractivity (Wildman–Crippen MR) is 76.5 cm³/mol. The Kier molecular flexibility index (Phi) is 7.98. The molecule has 0 atom stereocenters. The average Bonchev–Trinajstić information content (AvgIpc) is 2.44. The monoisotopic (exact) mass is 286 g/mol. The number of hydrogen-bond donors (Lipinski definition) is 3. The van der Waals surface area contributed by atoms with Crippen molar-refractivity contribution in [3.05, 3.63) is 0 Å². The minimum absolute atomic E-state index is 0.00698. The summed E-state index contributed by atoms with van der Waals surface area (Å²) in [5.41, 5.74) is 0. The van der Waals surface area contributed by atoms with Gasteiger partial charge in [0.05, 0.1) is 19.8 Å². The molecule has 1 aliphatic heterocycles. The normalized spacial score (nSPS) is 15.9. The molecule has 0 radical (unpaired) electrons. The molecule has 0 spiro atoms. The molecule has 3 amide bonds. The highest BCUT2D eigenvalue weighted by molar-refractivity contribution is 5.83. The van der Waals surface area contributed by atoms with Crippen molar-refractivity contribution in [2.24, 2.45) is 5.92 Å². The van der Waals surface area contributed by atoms with Gasteiger partial charge >= 0.3 is 6.03 Å². The molecule has 1 heterocycles. The number of amides is 3. The first-order valence-electron chi connectivity index (χ1n) is 7.16. The van der Waals surface area contributed by atoms with Gasteiger partial charge in [-0.3, -0.25) is 9.69 Å². The van der Waals surface area contributed by atoms with Gasteiger partial charge < -0.3 is 20.7 Å². The molecule has 0 aromatic heterocycles.